The second kappa shape index (κ2) is 4.34. The fourth-order valence-corrected chi connectivity index (χ4v) is 2.23. The third kappa shape index (κ3) is 1.70. The summed E-state index contributed by atoms with van der Waals surface area (Å²) in [5, 5.41) is 12.4. The number of nitro groups is 1. The van der Waals surface area contributed by atoms with Gasteiger partial charge in [0, 0.05) is 16.8 Å². The predicted molar refractivity (Wildman–Crippen MR) is 76.9 cm³/mol. The maximum Gasteiger partial charge on any atom is 0.295 e. The monoisotopic (exact) mass is 269 g/mol. The Bertz CT molecular complexity index is 846. The van der Waals surface area contributed by atoms with Crippen LogP contribution in [0.1, 0.15) is 0 Å². The molecule has 100 valence electrons. The summed E-state index contributed by atoms with van der Waals surface area (Å²) in [6, 6.07) is 10.0. The maximum atomic E-state index is 11.1. The van der Waals surface area contributed by atoms with Crippen molar-refractivity contribution in [2.45, 2.75) is 0 Å². The molecule has 1 heterocycles. The van der Waals surface area contributed by atoms with Crippen LogP contribution in [-0.2, 0) is 0 Å². The number of fused-ring (bicyclic) bond motifs is 2. The lowest BCUT2D eigenvalue weighted by atomic mass is 10.1. The van der Waals surface area contributed by atoms with Gasteiger partial charge in [-0.3, -0.25) is 10.1 Å². The molecule has 0 fully saturated rings. The summed E-state index contributed by atoms with van der Waals surface area (Å²) in [7, 11) is 1.57. The molecule has 0 saturated heterocycles. The summed E-state index contributed by atoms with van der Waals surface area (Å²) in [4.78, 5) is 15.0. The lowest BCUT2D eigenvalue weighted by molar-refractivity contribution is -0.383. The number of para-hydroxylation sites is 1. The molecule has 6 heteroatoms. The molecular formula is C14H11N3O3. The summed E-state index contributed by atoms with van der Waals surface area (Å²) in [5.74, 6) is 0.663. The second-order valence-corrected chi connectivity index (χ2v) is 4.34. The first-order valence-electron chi connectivity index (χ1n) is 5.92. The maximum absolute atomic E-state index is 11.1. The summed E-state index contributed by atoms with van der Waals surface area (Å²) in [5.41, 5.74) is 7.45. The van der Waals surface area contributed by atoms with Crippen molar-refractivity contribution in [3.63, 3.8) is 0 Å². The number of nitrogen functional groups attached to an aromatic ring is 1. The number of hydrogen-bond donors (Lipinski definition) is 1. The Morgan fingerprint density at radius 2 is 2.05 bits per heavy atom. The number of pyridine rings is 1. The van der Waals surface area contributed by atoms with Crippen LogP contribution >= 0.6 is 0 Å². The molecule has 0 radical (unpaired) electrons. The fraction of sp³-hybridized carbons (Fsp3) is 0.0714. The number of aromatic nitrogens is 1. The zero-order valence-corrected chi connectivity index (χ0v) is 10.7. The van der Waals surface area contributed by atoms with E-state index < -0.39 is 4.92 Å². The summed E-state index contributed by atoms with van der Waals surface area (Å²) < 4.78 is 5.16. The molecule has 0 saturated carbocycles. The van der Waals surface area contributed by atoms with Crippen LogP contribution in [0.4, 0.5) is 11.4 Å². The van der Waals surface area contributed by atoms with Crippen LogP contribution in [0, 0.1) is 10.1 Å². The first-order valence-corrected chi connectivity index (χ1v) is 5.92. The predicted octanol–water partition coefficient (Wildman–Crippen LogP) is 2.89. The number of non-ortho nitro benzene ring substituents is 1. The number of benzene rings is 2. The van der Waals surface area contributed by atoms with E-state index in [4.69, 9.17) is 10.5 Å². The summed E-state index contributed by atoms with van der Waals surface area (Å²) in [6.07, 6.45) is 0. The number of anilines is 1. The van der Waals surface area contributed by atoms with Crippen molar-refractivity contribution >= 4 is 33.2 Å². The van der Waals surface area contributed by atoms with Crippen LogP contribution in [0.2, 0.25) is 0 Å². The Morgan fingerprint density at radius 3 is 2.75 bits per heavy atom. The number of ether oxygens (including phenoxy) is 1. The van der Waals surface area contributed by atoms with E-state index in [1.54, 1.807) is 37.4 Å². The first kappa shape index (κ1) is 12.2. The van der Waals surface area contributed by atoms with Gasteiger partial charge in [0.05, 0.1) is 23.2 Å². The molecule has 0 atom stereocenters. The molecule has 1 aromatic heterocycles. The third-order valence-electron chi connectivity index (χ3n) is 3.23. The smallest absolute Gasteiger partial charge is 0.295 e. The number of nitro benzene ring substituents is 1. The van der Waals surface area contributed by atoms with Crippen molar-refractivity contribution in [2.75, 3.05) is 12.8 Å². The van der Waals surface area contributed by atoms with E-state index >= 15 is 0 Å². The molecular weight excluding hydrogens is 258 g/mol. The molecule has 2 N–H and O–H groups in total. The number of nitrogens with zero attached hydrogens (tertiary/aromatic N) is 2. The zero-order chi connectivity index (χ0) is 14.3. The van der Waals surface area contributed by atoms with Gasteiger partial charge in [-0.2, -0.15) is 0 Å². The zero-order valence-electron chi connectivity index (χ0n) is 10.7. The lowest BCUT2D eigenvalue weighted by Crippen LogP contribution is -1.97. The van der Waals surface area contributed by atoms with Crippen molar-refractivity contribution in [2.24, 2.45) is 0 Å². The second-order valence-electron chi connectivity index (χ2n) is 4.34. The molecule has 0 aliphatic carbocycles. The molecule has 2 aromatic carbocycles. The Labute approximate surface area is 113 Å². The van der Waals surface area contributed by atoms with Crippen LogP contribution in [0.25, 0.3) is 21.8 Å². The van der Waals surface area contributed by atoms with Crippen LogP contribution in [-0.4, -0.2) is 17.0 Å². The van der Waals surface area contributed by atoms with Gasteiger partial charge in [0.2, 0.25) is 0 Å². The normalized spacial score (nSPS) is 10.8. The van der Waals surface area contributed by atoms with Crippen LogP contribution < -0.4 is 10.5 Å². The SMILES string of the molecule is COc1ccc2nc3c([N+](=O)[O-])cccc3c(N)c2c1. The minimum atomic E-state index is -0.454. The average molecular weight is 269 g/mol. The van der Waals surface area contributed by atoms with Crippen LogP contribution in [0.5, 0.6) is 5.75 Å². The van der Waals surface area contributed by atoms with Gasteiger partial charge in [0.15, 0.2) is 5.52 Å². The van der Waals surface area contributed by atoms with Gasteiger partial charge in [-0.25, -0.2) is 4.98 Å². The third-order valence-corrected chi connectivity index (χ3v) is 3.23. The van der Waals surface area contributed by atoms with Gasteiger partial charge in [-0.1, -0.05) is 12.1 Å². The molecule has 0 spiro atoms. The topological polar surface area (TPSA) is 91.3 Å². The van der Waals surface area contributed by atoms with Crippen LogP contribution in [0.3, 0.4) is 0 Å². The number of hydrogen-bond acceptors (Lipinski definition) is 5. The van der Waals surface area contributed by atoms with Gasteiger partial charge in [0.1, 0.15) is 5.75 Å². The van der Waals surface area contributed by atoms with Gasteiger partial charge in [-0.05, 0) is 18.2 Å². The summed E-state index contributed by atoms with van der Waals surface area (Å²) >= 11 is 0. The molecule has 0 bridgehead atoms. The van der Waals surface area contributed by atoms with E-state index in [2.05, 4.69) is 4.98 Å². The lowest BCUT2D eigenvalue weighted by Gasteiger charge is -2.08. The Kier molecular flexibility index (Phi) is 2.64. The van der Waals surface area contributed by atoms with E-state index in [-0.39, 0.29) is 5.69 Å². The molecule has 0 amide bonds. The van der Waals surface area contributed by atoms with E-state index in [0.717, 1.165) is 5.39 Å². The first-order chi connectivity index (χ1) is 9.61. The fourth-order valence-electron chi connectivity index (χ4n) is 2.23. The van der Waals surface area contributed by atoms with Crippen molar-refractivity contribution in [3.05, 3.63) is 46.5 Å². The molecule has 0 aliphatic heterocycles. The summed E-state index contributed by atoms with van der Waals surface area (Å²) in [6.45, 7) is 0. The van der Waals surface area contributed by atoms with Crippen molar-refractivity contribution < 1.29 is 9.66 Å². The Hall–Kier alpha value is -2.89. The molecule has 3 rings (SSSR count). The van der Waals surface area contributed by atoms with E-state index in [1.807, 2.05) is 0 Å². The highest BCUT2D eigenvalue weighted by Gasteiger charge is 2.16. The molecule has 6 nitrogen and oxygen atoms in total. The number of methoxy groups -OCH3 is 1. The van der Waals surface area contributed by atoms with Crippen molar-refractivity contribution in [1.82, 2.24) is 4.98 Å². The van der Waals surface area contributed by atoms with E-state index in [1.165, 1.54) is 6.07 Å². The number of nitrogens with two attached hydrogens (primary N) is 1. The van der Waals surface area contributed by atoms with E-state index in [9.17, 15) is 10.1 Å². The highest BCUT2D eigenvalue weighted by Crippen LogP contribution is 2.34. The molecule has 3 aromatic rings. The Balaban J connectivity index is 2.46. The highest BCUT2D eigenvalue weighted by atomic mass is 16.6. The van der Waals surface area contributed by atoms with Gasteiger partial charge in [-0.15, -0.1) is 0 Å². The molecule has 0 unspecified atom stereocenters. The largest absolute Gasteiger partial charge is 0.497 e. The quantitative estimate of drug-likeness (QED) is 0.438. The van der Waals surface area contributed by atoms with Gasteiger partial charge < -0.3 is 10.5 Å². The van der Waals surface area contributed by atoms with E-state index in [0.29, 0.717) is 27.9 Å². The minimum absolute atomic E-state index is 0.0491. The Morgan fingerprint density at radius 1 is 1.25 bits per heavy atom. The highest BCUT2D eigenvalue weighted by molar-refractivity contribution is 6.08. The van der Waals surface area contributed by atoms with Gasteiger partial charge >= 0.3 is 0 Å². The van der Waals surface area contributed by atoms with Gasteiger partial charge in [0.25, 0.3) is 5.69 Å². The van der Waals surface area contributed by atoms with Crippen LogP contribution in [0.15, 0.2) is 36.4 Å². The standard InChI is InChI=1S/C14H11N3O3/c1-20-8-5-6-11-10(7-8)13(15)9-3-2-4-12(17(18)19)14(9)16-11/h2-7H,1H3,(H2,15,16). The number of rotatable bonds is 2. The molecule has 20 heavy (non-hydrogen) atoms. The van der Waals surface area contributed by atoms with Crippen molar-refractivity contribution in [3.8, 4) is 5.75 Å². The van der Waals surface area contributed by atoms with Crippen molar-refractivity contribution in [1.29, 1.82) is 0 Å². The molecule has 0 aliphatic rings. The minimum Gasteiger partial charge on any atom is -0.497 e. The average Bonchev–Trinajstić information content (AvgIpc) is 2.46.